The summed E-state index contributed by atoms with van der Waals surface area (Å²) in [6, 6.07) is 15.0. The molecule has 5 rings (SSSR count). The van der Waals surface area contributed by atoms with Gasteiger partial charge in [-0.15, -0.1) is 0 Å². The lowest BCUT2D eigenvalue weighted by Gasteiger charge is -2.44. The van der Waals surface area contributed by atoms with E-state index < -0.39 is 90.0 Å². The molecule has 0 bridgehead atoms. The van der Waals surface area contributed by atoms with Gasteiger partial charge in [-0.3, -0.25) is 38.9 Å². The minimum Gasteiger partial charge on any atom is -0.464 e. The number of aliphatic hydroxyl groups excluding tert-OH is 2. The van der Waals surface area contributed by atoms with Crippen LogP contribution in [0.5, 0.6) is 0 Å². The van der Waals surface area contributed by atoms with Gasteiger partial charge in [0.25, 0.3) is 5.69 Å². The smallest absolute Gasteiger partial charge is 0.305 e. The van der Waals surface area contributed by atoms with Crippen molar-refractivity contribution in [1.82, 2.24) is 26.3 Å². The number of pyridine rings is 1. The van der Waals surface area contributed by atoms with Crippen molar-refractivity contribution < 1.29 is 58.1 Å². The average molecular weight is 921 g/mol. The fourth-order valence-corrected chi connectivity index (χ4v) is 7.23. The number of benzene rings is 3. The van der Waals surface area contributed by atoms with E-state index in [1.807, 2.05) is 6.07 Å². The first-order valence-corrected chi connectivity index (χ1v) is 21.3. The molecule has 2 heterocycles. The number of hydrogen-bond donors (Lipinski definition) is 9. The van der Waals surface area contributed by atoms with Crippen LogP contribution in [0.4, 0.5) is 11.4 Å². The number of nitrogens with two attached hydrogens (primary N) is 1. The second kappa shape index (κ2) is 24.1. The predicted octanol–water partition coefficient (Wildman–Crippen LogP) is 0.353. The number of hydrogen-bond acceptors (Lipinski definition) is 16. The fraction of sp³-hybridized carbons (Fsp3) is 0.455. The van der Waals surface area contributed by atoms with E-state index in [0.29, 0.717) is 42.6 Å². The molecule has 4 aromatic rings. The number of aromatic nitrogens is 1. The SMILES string of the molecule is CC(=O)NC1C(OCc2ccccc2)OC(CO)C(O)C1OC(C)C(=O)NC(C)C(=O)N[C@H](CCC(=O)OCCNCCCNc1ccc([N+](=O)[O-])c2[nH]c3ccccc3c(=O)c12)C(N)=O. The van der Waals surface area contributed by atoms with Gasteiger partial charge < -0.3 is 66.5 Å². The zero-order chi connectivity index (χ0) is 47.9. The normalized spacial score (nSPS) is 19.6. The van der Waals surface area contributed by atoms with Gasteiger partial charge in [-0.25, -0.2) is 0 Å². The Morgan fingerprint density at radius 1 is 0.970 bits per heavy atom. The number of primary amides is 1. The third-order valence-corrected chi connectivity index (χ3v) is 10.7. The number of rotatable bonds is 24. The largest absolute Gasteiger partial charge is 0.464 e. The molecule has 8 atom stereocenters. The second-order valence-corrected chi connectivity index (χ2v) is 15.6. The molecule has 0 radical (unpaired) electrons. The van der Waals surface area contributed by atoms with Gasteiger partial charge in [0.15, 0.2) is 11.7 Å². The first kappa shape index (κ1) is 50.4. The number of nitrogens with one attached hydrogen (secondary N) is 6. The molecule has 3 aromatic carbocycles. The maximum Gasteiger partial charge on any atom is 0.305 e. The quantitative estimate of drug-likeness (QED) is 0.0151. The van der Waals surface area contributed by atoms with E-state index in [0.717, 1.165) is 5.56 Å². The lowest BCUT2D eigenvalue weighted by molar-refractivity contribution is -0.383. The summed E-state index contributed by atoms with van der Waals surface area (Å²) in [5, 5.41) is 47.1. The minimum atomic E-state index is -1.51. The number of ether oxygens (including phenoxy) is 4. The Balaban J connectivity index is 1.03. The number of carbonyl (C=O) groups excluding carboxylic acids is 5. The van der Waals surface area contributed by atoms with Crippen molar-refractivity contribution in [3.63, 3.8) is 0 Å². The van der Waals surface area contributed by atoms with Gasteiger partial charge in [-0.2, -0.15) is 0 Å². The highest BCUT2D eigenvalue weighted by Gasteiger charge is 2.48. The van der Waals surface area contributed by atoms with Gasteiger partial charge >= 0.3 is 5.97 Å². The molecule has 4 amide bonds. The Bertz CT molecular complexity index is 2400. The number of non-ortho nitro benzene ring substituents is 1. The zero-order valence-corrected chi connectivity index (χ0v) is 36.7. The van der Waals surface area contributed by atoms with Crippen molar-refractivity contribution in [3.05, 3.63) is 92.6 Å². The third kappa shape index (κ3) is 13.5. The molecular formula is C44H56N8O14. The van der Waals surface area contributed by atoms with Gasteiger partial charge in [0.05, 0.1) is 23.5 Å². The second-order valence-electron chi connectivity index (χ2n) is 15.6. The lowest BCUT2D eigenvalue weighted by atomic mass is 9.96. The Hall–Kier alpha value is -6.56. The summed E-state index contributed by atoms with van der Waals surface area (Å²) < 4.78 is 22.9. The molecule has 1 aromatic heterocycles. The highest BCUT2D eigenvalue weighted by atomic mass is 16.7. The molecule has 1 aliphatic heterocycles. The van der Waals surface area contributed by atoms with Gasteiger partial charge in [-0.1, -0.05) is 42.5 Å². The van der Waals surface area contributed by atoms with Crippen LogP contribution < -0.4 is 37.7 Å². The lowest BCUT2D eigenvalue weighted by Crippen LogP contribution is -2.66. The van der Waals surface area contributed by atoms with Crippen molar-refractivity contribution in [2.45, 2.75) is 95.5 Å². The Morgan fingerprint density at radius 2 is 1.70 bits per heavy atom. The molecule has 0 saturated carbocycles. The van der Waals surface area contributed by atoms with Crippen LogP contribution in [-0.4, -0.2) is 131 Å². The van der Waals surface area contributed by atoms with Crippen LogP contribution in [0.25, 0.3) is 21.8 Å². The molecule has 356 valence electrons. The van der Waals surface area contributed by atoms with E-state index in [1.54, 1.807) is 48.5 Å². The van der Waals surface area contributed by atoms with E-state index >= 15 is 0 Å². The minimum absolute atomic E-state index is 0.00286. The molecule has 7 unspecified atom stereocenters. The maximum atomic E-state index is 13.3. The Labute approximate surface area is 378 Å². The molecular weight excluding hydrogens is 865 g/mol. The number of aliphatic hydroxyl groups is 2. The van der Waals surface area contributed by atoms with E-state index in [2.05, 4.69) is 31.6 Å². The van der Waals surface area contributed by atoms with Crippen molar-refractivity contribution in [2.24, 2.45) is 5.73 Å². The molecule has 0 spiro atoms. The molecule has 1 aliphatic rings. The number of para-hydroxylation sites is 1. The summed E-state index contributed by atoms with van der Waals surface area (Å²) in [5.41, 5.74) is 6.79. The van der Waals surface area contributed by atoms with Gasteiger partial charge in [-0.05, 0) is 57.0 Å². The number of anilines is 1. The number of nitrogens with zero attached hydrogens (tertiary/aromatic N) is 1. The fourth-order valence-electron chi connectivity index (χ4n) is 7.23. The molecule has 1 saturated heterocycles. The van der Waals surface area contributed by atoms with Crippen LogP contribution in [0, 0.1) is 10.1 Å². The number of fused-ring (bicyclic) bond motifs is 2. The van der Waals surface area contributed by atoms with Crippen LogP contribution in [0.1, 0.15) is 45.6 Å². The van der Waals surface area contributed by atoms with E-state index in [1.165, 1.54) is 32.9 Å². The first-order chi connectivity index (χ1) is 31.6. The first-order valence-electron chi connectivity index (χ1n) is 21.3. The topological polar surface area (TPSA) is 325 Å². The van der Waals surface area contributed by atoms with Crippen LogP contribution in [-0.2, 0) is 49.5 Å². The molecule has 22 nitrogen and oxygen atoms in total. The Kier molecular flexibility index (Phi) is 18.4. The molecule has 0 aliphatic carbocycles. The van der Waals surface area contributed by atoms with Crippen LogP contribution in [0.15, 0.2) is 71.5 Å². The summed E-state index contributed by atoms with van der Waals surface area (Å²) in [6.45, 7) is 4.54. The van der Waals surface area contributed by atoms with Crippen molar-refractivity contribution in [1.29, 1.82) is 0 Å². The predicted molar refractivity (Wildman–Crippen MR) is 239 cm³/mol. The highest BCUT2D eigenvalue weighted by molar-refractivity contribution is 6.03. The number of nitro benzene ring substituents is 1. The standard InChI is InChI=1S/C44H56N8O14/c1-24(48-43(60)25(2)65-40-37(49-26(3)54)44(66-33(22-53)39(40)57)64-23-27-10-5-4-6-11-27)42(59)51-31(41(45)58)15-17-34(55)63-21-20-46-18-9-19-47-30-14-16-32(52(61)62)36-35(30)38(56)28-12-7-8-13-29(28)50-36/h4-8,10-14,16,24-25,31,33,37,39-40,44,46-47,53,57H,9,15,17-23H2,1-3H3,(H2,45,58)(H,48,60)(H,49,54)(H,50,56)(H,51,59)/t24?,25?,31-,33?,37?,39?,40?,44?/m1/s1. The summed E-state index contributed by atoms with van der Waals surface area (Å²) >= 11 is 0. The monoisotopic (exact) mass is 920 g/mol. The van der Waals surface area contributed by atoms with Crippen LogP contribution >= 0.6 is 0 Å². The van der Waals surface area contributed by atoms with E-state index in [-0.39, 0.29) is 48.1 Å². The van der Waals surface area contributed by atoms with Crippen molar-refractivity contribution in [3.8, 4) is 0 Å². The summed E-state index contributed by atoms with van der Waals surface area (Å²) in [4.78, 5) is 90.7. The van der Waals surface area contributed by atoms with Gasteiger partial charge in [0.1, 0.15) is 54.7 Å². The number of aromatic amines is 1. The molecule has 10 N–H and O–H groups in total. The van der Waals surface area contributed by atoms with Crippen LogP contribution in [0.3, 0.4) is 0 Å². The van der Waals surface area contributed by atoms with E-state index in [4.69, 9.17) is 24.7 Å². The maximum absolute atomic E-state index is 13.3. The molecule has 66 heavy (non-hydrogen) atoms. The molecule has 22 heteroatoms. The van der Waals surface area contributed by atoms with E-state index in [9.17, 15) is 49.1 Å². The summed E-state index contributed by atoms with van der Waals surface area (Å²) in [7, 11) is 0. The van der Waals surface area contributed by atoms with Gasteiger partial charge in [0.2, 0.25) is 23.6 Å². The van der Waals surface area contributed by atoms with Crippen molar-refractivity contribution in [2.75, 3.05) is 38.2 Å². The average Bonchev–Trinajstić information content (AvgIpc) is 3.29. The van der Waals surface area contributed by atoms with Crippen molar-refractivity contribution >= 4 is 62.8 Å². The van der Waals surface area contributed by atoms with Gasteiger partial charge in [0, 0.05) is 49.1 Å². The summed E-state index contributed by atoms with van der Waals surface area (Å²) in [6.07, 6.45) is -6.42. The number of amides is 4. The Morgan fingerprint density at radius 3 is 2.39 bits per heavy atom. The summed E-state index contributed by atoms with van der Waals surface area (Å²) in [5.74, 6) is -3.69. The highest BCUT2D eigenvalue weighted by Crippen LogP contribution is 2.30. The number of nitro groups is 1. The zero-order valence-electron chi connectivity index (χ0n) is 36.7. The number of H-pyrrole nitrogens is 1. The molecule has 1 fully saturated rings. The number of esters is 1. The number of carbonyl (C=O) groups is 5. The third-order valence-electron chi connectivity index (χ3n) is 10.7. The van der Waals surface area contributed by atoms with Crippen LogP contribution in [0.2, 0.25) is 0 Å².